The van der Waals surface area contributed by atoms with Gasteiger partial charge >= 0.3 is 0 Å². The van der Waals surface area contributed by atoms with Crippen molar-refractivity contribution in [1.82, 2.24) is 4.98 Å². The van der Waals surface area contributed by atoms with Crippen LogP contribution in [0.15, 0.2) is 24.3 Å². The van der Waals surface area contributed by atoms with E-state index >= 15 is 0 Å². The normalized spacial score (nSPS) is 10.4. The summed E-state index contributed by atoms with van der Waals surface area (Å²) in [5.41, 5.74) is -0.0436. The van der Waals surface area contributed by atoms with E-state index in [4.69, 9.17) is 11.6 Å². The molecule has 106 valence electrons. The Kier molecular flexibility index (Phi) is 4.34. The molecule has 2 aromatic rings. The summed E-state index contributed by atoms with van der Waals surface area (Å²) in [7, 11) is 0. The number of nitrogens with one attached hydrogen (secondary N) is 2. The zero-order valence-corrected chi connectivity index (χ0v) is 11.2. The smallest absolute Gasteiger partial charge is 0.169 e. The molecule has 1 aromatic heterocycles. The fraction of sp³-hybridized carbons (Fsp3) is 0.154. The SMILES string of the molecule is CCNc1nc(Nc2cc(Cl)ccc2F)c(F)cc1F. The van der Waals surface area contributed by atoms with Crippen molar-refractivity contribution >= 4 is 28.9 Å². The summed E-state index contributed by atoms with van der Waals surface area (Å²) in [6.45, 7) is 2.16. The molecular formula is C13H11ClF3N3. The molecule has 0 aliphatic carbocycles. The van der Waals surface area contributed by atoms with Crippen molar-refractivity contribution in [2.75, 3.05) is 17.2 Å². The van der Waals surface area contributed by atoms with Crippen LogP contribution >= 0.6 is 11.6 Å². The van der Waals surface area contributed by atoms with Gasteiger partial charge in [-0.25, -0.2) is 18.2 Å². The van der Waals surface area contributed by atoms with Crippen molar-refractivity contribution in [2.24, 2.45) is 0 Å². The van der Waals surface area contributed by atoms with Gasteiger partial charge in [0.25, 0.3) is 0 Å². The molecule has 0 aliphatic rings. The molecule has 0 unspecified atom stereocenters. The zero-order valence-electron chi connectivity index (χ0n) is 10.5. The van der Waals surface area contributed by atoms with E-state index < -0.39 is 17.5 Å². The maximum atomic E-state index is 13.6. The summed E-state index contributed by atoms with van der Waals surface area (Å²) in [6, 6.07) is 4.46. The number of rotatable bonds is 4. The molecule has 20 heavy (non-hydrogen) atoms. The number of hydrogen-bond donors (Lipinski definition) is 2. The molecule has 2 N–H and O–H groups in total. The third-order valence-electron chi connectivity index (χ3n) is 2.46. The number of halogens is 4. The standard InChI is InChI=1S/C13H11ClF3N3/c1-2-18-12-9(16)6-10(17)13(20-12)19-11-5-7(14)3-4-8(11)15/h3-6H,2H2,1H3,(H2,18,19,20). The minimum absolute atomic E-state index is 0.0436. The monoisotopic (exact) mass is 301 g/mol. The molecule has 0 radical (unpaired) electrons. The van der Waals surface area contributed by atoms with E-state index in [1.807, 2.05) is 0 Å². The van der Waals surface area contributed by atoms with Gasteiger partial charge in [0, 0.05) is 17.6 Å². The van der Waals surface area contributed by atoms with E-state index in [0.29, 0.717) is 12.6 Å². The third kappa shape index (κ3) is 3.14. The zero-order chi connectivity index (χ0) is 14.7. The Bertz CT molecular complexity index is 634. The molecule has 0 aliphatic heterocycles. The molecule has 0 amide bonds. The van der Waals surface area contributed by atoms with Gasteiger partial charge in [0.2, 0.25) is 0 Å². The maximum Gasteiger partial charge on any atom is 0.169 e. The molecule has 1 aromatic carbocycles. The van der Waals surface area contributed by atoms with E-state index in [2.05, 4.69) is 15.6 Å². The van der Waals surface area contributed by atoms with Crippen LogP contribution in [0.2, 0.25) is 5.02 Å². The Morgan fingerprint density at radius 3 is 2.45 bits per heavy atom. The minimum Gasteiger partial charge on any atom is -0.368 e. The first-order chi connectivity index (χ1) is 9.51. The highest BCUT2D eigenvalue weighted by Gasteiger charge is 2.13. The predicted octanol–water partition coefficient (Wildman–Crippen LogP) is 4.33. The van der Waals surface area contributed by atoms with Gasteiger partial charge < -0.3 is 10.6 Å². The van der Waals surface area contributed by atoms with Crippen molar-refractivity contribution in [2.45, 2.75) is 6.92 Å². The number of pyridine rings is 1. The van der Waals surface area contributed by atoms with Crippen LogP contribution in [0.3, 0.4) is 0 Å². The average Bonchev–Trinajstić information content (AvgIpc) is 2.39. The van der Waals surface area contributed by atoms with Crippen molar-refractivity contribution in [1.29, 1.82) is 0 Å². The first kappa shape index (κ1) is 14.5. The number of aromatic nitrogens is 1. The quantitative estimate of drug-likeness (QED) is 0.882. The highest BCUT2D eigenvalue weighted by molar-refractivity contribution is 6.30. The second-order valence-corrected chi connectivity index (χ2v) is 4.37. The van der Waals surface area contributed by atoms with Crippen LogP contribution in [0.1, 0.15) is 6.92 Å². The van der Waals surface area contributed by atoms with E-state index in [1.54, 1.807) is 6.92 Å². The van der Waals surface area contributed by atoms with Crippen molar-refractivity contribution in [3.05, 3.63) is 46.7 Å². The summed E-state index contributed by atoms with van der Waals surface area (Å²) in [5.74, 6) is -2.77. The summed E-state index contributed by atoms with van der Waals surface area (Å²) in [6.07, 6.45) is 0. The Labute approximate surface area is 118 Å². The lowest BCUT2D eigenvalue weighted by Crippen LogP contribution is -2.07. The lowest BCUT2D eigenvalue weighted by molar-refractivity contribution is 0.579. The third-order valence-corrected chi connectivity index (χ3v) is 2.69. The summed E-state index contributed by atoms with van der Waals surface area (Å²) < 4.78 is 40.6. The highest BCUT2D eigenvalue weighted by Crippen LogP contribution is 2.26. The predicted molar refractivity (Wildman–Crippen MR) is 73.0 cm³/mol. The number of hydrogen-bond acceptors (Lipinski definition) is 3. The average molecular weight is 302 g/mol. The lowest BCUT2D eigenvalue weighted by Gasteiger charge is -2.11. The van der Waals surface area contributed by atoms with E-state index in [1.165, 1.54) is 12.1 Å². The fourth-order valence-corrected chi connectivity index (χ4v) is 1.74. The molecular weight excluding hydrogens is 291 g/mol. The van der Waals surface area contributed by atoms with E-state index in [0.717, 1.165) is 6.07 Å². The van der Waals surface area contributed by atoms with Crippen LogP contribution in [0.5, 0.6) is 0 Å². The summed E-state index contributed by atoms with van der Waals surface area (Å²) in [4.78, 5) is 3.75. The van der Waals surface area contributed by atoms with Gasteiger partial charge in [0.1, 0.15) is 5.82 Å². The first-order valence-corrected chi connectivity index (χ1v) is 6.21. The van der Waals surface area contributed by atoms with Crippen LogP contribution in [0.4, 0.5) is 30.5 Å². The fourth-order valence-electron chi connectivity index (χ4n) is 1.57. The maximum absolute atomic E-state index is 13.6. The topological polar surface area (TPSA) is 37.0 Å². The first-order valence-electron chi connectivity index (χ1n) is 5.83. The second-order valence-electron chi connectivity index (χ2n) is 3.93. The van der Waals surface area contributed by atoms with Gasteiger partial charge in [0.05, 0.1) is 5.69 Å². The highest BCUT2D eigenvalue weighted by atomic mass is 35.5. The van der Waals surface area contributed by atoms with Crippen LogP contribution in [-0.2, 0) is 0 Å². The van der Waals surface area contributed by atoms with Crippen LogP contribution < -0.4 is 10.6 Å². The van der Waals surface area contributed by atoms with Gasteiger partial charge in [-0.3, -0.25) is 0 Å². The molecule has 0 bridgehead atoms. The number of anilines is 3. The van der Waals surface area contributed by atoms with Gasteiger partial charge in [-0.2, -0.15) is 0 Å². The van der Waals surface area contributed by atoms with Crippen LogP contribution in [-0.4, -0.2) is 11.5 Å². The molecule has 0 saturated carbocycles. The Morgan fingerprint density at radius 1 is 1.05 bits per heavy atom. The molecule has 1 heterocycles. The molecule has 2 rings (SSSR count). The summed E-state index contributed by atoms with van der Waals surface area (Å²) >= 11 is 5.74. The second kappa shape index (κ2) is 6.00. The number of nitrogens with zero attached hydrogens (tertiary/aromatic N) is 1. The van der Waals surface area contributed by atoms with Crippen LogP contribution in [0.25, 0.3) is 0 Å². The molecule has 0 atom stereocenters. The molecule has 7 heteroatoms. The van der Waals surface area contributed by atoms with Gasteiger partial charge in [0.15, 0.2) is 23.3 Å². The number of benzene rings is 1. The minimum atomic E-state index is -0.927. The molecule has 3 nitrogen and oxygen atoms in total. The van der Waals surface area contributed by atoms with Crippen molar-refractivity contribution in [3.63, 3.8) is 0 Å². The van der Waals surface area contributed by atoms with Gasteiger partial charge in [-0.1, -0.05) is 11.6 Å². The molecule has 0 spiro atoms. The van der Waals surface area contributed by atoms with Crippen LogP contribution in [0, 0.1) is 17.5 Å². The summed E-state index contributed by atoms with van der Waals surface area (Å²) in [5, 5.41) is 5.38. The van der Waals surface area contributed by atoms with Gasteiger partial charge in [-0.05, 0) is 25.1 Å². The Balaban J connectivity index is 2.37. The largest absolute Gasteiger partial charge is 0.368 e. The Hall–Kier alpha value is -1.95. The Morgan fingerprint density at radius 2 is 1.75 bits per heavy atom. The van der Waals surface area contributed by atoms with E-state index in [9.17, 15) is 13.2 Å². The lowest BCUT2D eigenvalue weighted by atomic mass is 10.3. The van der Waals surface area contributed by atoms with Gasteiger partial charge in [-0.15, -0.1) is 0 Å². The van der Waals surface area contributed by atoms with E-state index in [-0.39, 0.29) is 22.3 Å². The molecule has 0 fully saturated rings. The molecule has 0 saturated heterocycles. The van der Waals surface area contributed by atoms with Crippen molar-refractivity contribution in [3.8, 4) is 0 Å². The van der Waals surface area contributed by atoms with Crippen molar-refractivity contribution < 1.29 is 13.2 Å².